The zero-order valence-corrected chi connectivity index (χ0v) is 16.1. The number of hydrogen-bond donors (Lipinski definition) is 1. The third-order valence-corrected chi connectivity index (χ3v) is 5.74. The maximum atomic E-state index is 13.0. The van der Waals surface area contributed by atoms with Crippen LogP contribution in [0.5, 0.6) is 0 Å². The van der Waals surface area contributed by atoms with E-state index >= 15 is 0 Å². The van der Waals surface area contributed by atoms with Gasteiger partial charge in [-0.15, -0.1) is 10.2 Å². The van der Waals surface area contributed by atoms with Crippen molar-refractivity contribution in [2.24, 2.45) is 0 Å². The summed E-state index contributed by atoms with van der Waals surface area (Å²) >= 11 is 2.70. The fourth-order valence-corrected chi connectivity index (χ4v) is 3.91. The van der Waals surface area contributed by atoms with E-state index in [-0.39, 0.29) is 22.7 Å². The van der Waals surface area contributed by atoms with Gasteiger partial charge in [0.2, 0.25) is 16.2 Å². The summed E-state index contributed by atoms with van der Waals surface area (Å²) < 4.78 is 14.4. The Morgan fingerprint density at radius 3 is 2.44 bits per heavy atom. The van der Waals surface area contributed by atoms with Gasteiger partial charge in [0.05, 0.1) is 5.75 Å². The van der Waals surface area contributed by atoms with Gasteiger partial charge in [-0.1, -0.05) is 35.7 Å². The third-order valence-electron chi connectivity index (χ3n) is 3.70. The molecule has 1 heterocycles. The van der Waals surface area contributed by atoms with E-state index in [1.165, 1.54) is 40.3 Å². The van der Waals surface area contributed by atoms with Crippen LogP contribution in [-0.4, -0.2) is 44.5 Å². The van der Waals surface area contributed by atoms with E-state index in [4.69, 9.17) is 5.84 Å². The molecule has 0 radical (unpaired) electrons. The van der Waals surface area contributed by atoms with Crippen LogP contribution >= 0.6 is 23.5 Å². The van der Waals surface area contributed by atoms with Crippen molar-refractivity contribution in [1.29, 1.82) is 0 Å². The first-order valence-electron chi connectivity index (χ1n) is 7.99. The smallest absolute Gasteiger partial charge is 0.233 e. The van der Waals surface area contributed by atoms with E-state index in [0.717, 1.165) is 5.56 Å². The first-order valence-corrected chi connectivity index (χ1v) is 9.85. The molecule has 1 aromatic heterocycles. The summed E-state index contributed by atoms with van der Waals surface area (Å²) in [4.78, 5) is 13.8. The Labute approximate surface area is 155 Å². The standard InChI is InChI=1S/C16H22FN5OS2/c1-4-21(5-2)14(23)10-24-15-19-20-16(22(15)18)25-11(3)12-6-8-13(17)9-7-12/h6-9,11H,4-5,10,18H2,1-3H3. The number of nitrogen functional groups attached to an aromatic ring is 1. The summed E-state index contributed by atoms with van der Waals surface area (Å²) in [6.07, 6.45) is 0. The number of benzene rings is 1. The fourth-order valence-electron chi connectivity index (χ4n) is 2.20. The van der Waals surface area contributed by atoms with E-state index in [9.17, 15) is 9.18 Å². The van der Waals surface area contributed by atoms with Crippen LogP contribution in [0.4, 0.5) is 4.39 Å². The number of carbonyl (C=O) groups is 1. The number of amides is 1. The second-order valence-electron chi connectivity index (χ2n) is 5.30. The first-order chi connectivity index (χ1) is 12.0. The highest BCUT2D eigenvalue weighted by atomic mass is 32.2. The molecule has 0 fully saturated rings. The third kappa shape index (κ3) is 5.12. The van der Waals surface area contributed by atoms with Crippen molar-refractivity contribution in [2.75, 3.05) is 24.7 Å². The molecule has 2 rings (SSSR count). The molecule has 0 spiro atoms. The summed E-state index contributed by atoms with van der Waals surface area (Å²) in [7, 11) is 0. The number of nitrogens with zero attached hydrogens (tertiary/aromatic N) is 4. The number of nitrogens with two attached hydrogens (primary N) is 1. The summed E-state index contributed by atoms with van der Waals surface area (Å²) in [5.41, 5.74) is 0.973. The molecule has 1 unspecified atom stereocenters. The number of carbonyl (C=O) groups excluding carboxylic acids is 1. The zero-order valence-electron chi connectivity index (χ0n) is 14.5. The Morgan fingerprint density at radius 1 is 1.24 bits per heavy atom. The van der Waals surface area contributed by atoms with E-state index in [1.807, 2.05) is 20.8 Å². The Bertz CT molecular complexity index is 703. The average molecular weight is 384 g/mol. The normalized spacial score (nSPS) is 12.2. The molecular weight excluding hydrogens is 361 g/mol. The second kappa shape index (κ2) is 9.10. The molecule has 6 nitrogen and oxygen atoms in total. The molecule has 136 valence electrons. The molecule has 0 aliphatic heterocycles. The van der Waals surface area contributed by atoms with E-state index in [2.05, 4.69) is 10.2 Å². The summed E-state index contributed by atoms with van der Waals surface area (Å²) in [6, 6.07) is 6.34. The molecule has 0 saturated heterocycles. The van der Waals surface area contributed by atoms with E-state index in [0.29, 0.717) is 23.4 Å². The maximum Gasteiger partial charge on any atom is 0.233 e. The summed E-state index contributed by atoms with van der Waals surface area (Å²) in [6.45, 7) is 7.25. The van der Waals surface area contributed by atoms with Crippen molar-refractivity contribution in [3.05, 3.63) is 35.6 Å². The van der Waals surface area contributed by atoms with Crippen molar-refractivity contribution >= 4 is 29.4 Å². The number of aromatic nitrogens is 3. The van der Waals surface area contributed by atoms with Crippen molar-refractivity contribution in [3.8, 4) is 0 Å². The van der Waals surface area contributed by atoms with Crippen LogP contribution in [0.25, 0.3) is 0 Å². The highest BCUT2D eigenvalue weighted by molar-refractivity contribution is 8.00. The molecule has 0 aliphatic carbocycles. The van der Waals surface area contributed by atoms with Crippen LogP contribution in [0.15, 0.2) is 34.6 Å². The topological polar surface area (TPSA) is 77.0 Å². The minimum absolute atomic E-state index is 0.0438. The summed E-state index contributed by atoms with van der Waals surface area (Å²) in [5.74, 6) is 6.10. The molecular formula is C16H22FN5OS2. The molecule has 1 atom stereocenters. The quantitative estimate of drug-likeness (QED) is 0.558. The van der Waals surface area contributed by atoms with Gasteiger partial charge in [-0.25, -0.2) is 9.07 Å². The van der Waals surface area contributed by atoms with Crippen molar-refractivity contribution in [3.63, 3.8) is 0 Å². The van der Waals surface area contributed by atoms with Crippen LogP contribution in [-0.2, 0) is 4.79 Å². The van der Waals surface area contributed by atoms with Crippen molar-refractivity contribution in [1.82, 2.24) is 19.8 Å². The number of thioether (sulfide) groups is 2. The van der Waals surface area contributed by atoms with Crippen molar-refractivity contribution in [2.45, 2.75) is 36.3 Å². The predicted octanol–water partition coefficient (Wildman–Crippen LogP) is 2.94. The lowest BCUT2D eigenvalue weighted by atomic mass is 10.2. The highest BCUT2D eigenvalue weighted by Gasteiger charge is 2.17. The van der Waals surface area contributed by atoms with Gasteiger partial charge in [0.25, 0.3) is 0 Å². The Hall–Kier alpha value is -1.74. The van der Waals surface area contributed by atoms with Gasteiger partial charge in [0.1, 0.15) is 5.82 Å². The van der Waals surface area contributed by atoms with Gasteiger partial charge >= 0.3 is 0 Å². The Kier molecular flexibility index (Phi) is 7.12. The van der Waals surface area contributed by atoms with Gasteiger partial charge in [-0.05, 0) is 38.5 Å². The lowest BCUT2D eigenvalue weighted by Crippen LogP contribution is -2.32. The van der Waals surface area contributed by atoms with Crippen LogP contribution in [0.1, 0.15) is 31.6 Å². The average Bonchev–Trinajstić information content (AvgIpc) is 2.94. The van der Waals surface area contributed by atoms with Crippen molar-refractivity contribution < 1.29 is 9.18 Å². The van der Waals surface area contributed by atoms with Crippen LogP contribution < -0.4 is 5.84 Å². The molecule has 25 heavy (non-hydrogen) atoms. The number of rotatable bonds is 8. The van der Waals surface area contributed by atoms with Crippen LogP contribution in [0.2, 0.25) is 0 Å². The molecule has 2 aromatic rings. The fraction of sp³-hybridized carbons (Fsp3) is 0.438. The zero-order chi connectivity index (χ0) is 18.4. The lowest BCUT2D eigenvalue weighted by Gasteiger charge is -2.17. The SMILES string of the molecule is CCN(CC)C(=O)CSc1nnc(SC(C)c2ccc(F)cc2)n1N. The molecule has 2 N–H and O–H groups in total. The van der Waals surface area contributed by atoms with Crippen LogP contribution in [0, 0.1) is 5.82 Å². The van der Waals surface area contributed by atoms with E-state index in [1.54, 1.807) is 17.0 Å². The largest absolute Gasteiger partial charge is 0.343 e. The van der Waals surface area contributed by atoms with Gasteiger partial charge in [-0.3, -0.25) is 4.79 Å². The molecule has 1 amide bonds. The first kappa shape index (κ1) is 19.6. The number of hydrogen-bond acceptors (Lipinski definition) is 6. The molecule has 9 heteroatoms. The maximum absolute atomic E-state index is 13.0. The van der Waals surface area contributed by atoms with E-state index < -0.39 is 0 Å². The predicted molar refractivity (Wildman–Crippen MR) is 99.5 cm³/mol. The summed E-state index contributed by atoms with van der Waals surface area (Å²) in [5, 5.41) is 9.24. The highest BCUT2D eigenvalue weighted by Crippen LogP contribution is 2.34. The van der Waals surface area contributed by atoms with Crippen LogP contribution in [0.3, 0.4) is 0 Å². The second-order valence-corrected chi connectivity index (χ2v) is 7.55. The Morgan fingerprint density at radius 2 is 1.84 bits per heavy atom. The molecule has 0 bridgehead atoms. The van der Waals surface area contributed by atoms with Gasteiger partial charge < -0.3 is 10.7 Å². The monoisotopic (exact) mass is 383 g/mol. The minimum atomic E-state index is -0.264. The lowest BCUT2D eigenvalue weighted by molar-refractivity contribution is -0.127. The number of halogens is 1. The van der Waals surface area contributed by atoms with Gasteiger partial charge in [-0.2, -0.15) is 0 Å². The Balaban J connectivity index is 1.98. The molecule has 1 aromatic carbocycles. The molecule has 0 saturated carbocycles. The van der Waals surface area contributed by atoms with Gasteiger partial charge in [0, 0.05) is 18.3 Å². The minimum Gasteiger partial charge on any atom is -0.343 e. The molecule has 0 aliphatic rings. The van der Waals surface area contributed by atoms with Gasteiger partial charge in [0.15, 0.2) is 0 Å².